The van der Waals surface area contributed by atoms with E-state index in [-0.39, 0.29) is 10.5 Å². The monoisotopic (exact) mass is 474 g/mol. The van der Waals surface area contributed by atoms with Gasteiger partial charge in [-0.15, -0.1) is 0 Å². The second-order valence-electron chi connectivity index (χ2n) is 8.15. The third kappa shape index (κ3) is 4.02. The quantitative estimate of drug-likeness (QED) is 0.550. The van der Waals surface area contributed by atoms with Crippen LogP contribution in [-0.2, 0) is 26.4 Å². The lowest BCUT2D eigenvalue weighted by Crippen LogP contribution is -2.47. The van der Waals surface area contributed by atoms with Gasteiger partial charge in [0.15, 0.2) is 0 Å². The number of sulfonamides is 1. The molecule has 3 aromatic rings. The summed E-state index contributed by atoms with van der Waals surface area (Å²) in [6, 6.07) is 15.6. The lowest BCUT2D eigenvalue weighted by atomic mass is 9.73. The van der Waals surface area contributed by atoms with Crippen molar-refractivity contribution in [2.45, 2.75) is 36.4 Å². The lowest BCUT2D eigenvalue weighted by Gasteiger charge is -2.34. The molecule has 9 heteroatoms. The Balaban J connectivity index is 1.94. The minimum absolute atomic E-state index is 0.113. The van der Waals surface area contributed by atoms with Crippen LogP contribution in [0.25, 0.3) is 0 Å². The van der Waals surface area contributed by atoms with Crippen molar-refractivity contribution in [1.82, 2.24) is 4.72 Å². The Bertz CT molecular complexity index is 1320. The molecule has 0 bridgehead atoms. The number of fused-ring (bicyclic) bond motifs is 1. The average Bonchev–Trinajstić information content (AvgIpc) is 3.03. The number of hydrogen-bond donors (Lipinski definition) is 2. The van der Waals surface area contributed by atoms with E-state index in [1.807, 2.05) is 0 Å². The van der Waals surface area contributed by atoms with Crippen LogP contribution >= 0.6 is 0 Å². The van der Waals surface area contributed by atoms with Crippen LogP contribution in [-0.4, -0.2) is 14.3 Å². The van der Waals surface area contributed by atoms with Crippen LogP contribution in [0.5, 0.6) is 0 Å². The highest BCUT2D eigenvalue weighted by atomic mass is 32.2. The summed E-state index contributed by atoms with van der Waals surface area (Å²) in [7, 11) is -4.29. The summed E-state index contributed by atoms with van der Waals surface area (Å²) in [5.74, 6) is -0.600. The molecule has 5 nitrogen and oxygen atoms in total. The van der Waals surface area contributed by atoms with E-state index in [2.05, 4.69) is 10.0 Å². The van der Waals surface area contributed by atoms with Crippen molar-refractivity contribution < 1.29 is 26.4 Å². The first-order chi connectivity index (χ1) is 15.4. The molecule has 0 saturated carbocycles. The fraction of sp³-hybridized carbons (Fsp3) is 0.208. The van der Waals surface area contributed by atoms with E-state index < -0.39 is 39.1 Å². The minimum atomic E-state index is -4.75. The van der Waals surface area contributed by atoms with Gasteiger partial charge in [-0.05, 0) is 49.2 Å². The maximum absolute atomic E-state index is 13.9. The van der Waals surface area contributed by atoms with E-state index in [9.17, 15) is 26.4 Å². The zero-order valence-electron chi connectivity index (χ0n) is 17.8. The molecule has 1 aliphatic rings. The predicted octanol–water partition coefficient (Wildman–Crippen LogP) is 4.94. The van der Waals surface area contributed by atoms with Gasteiger partial charge in [0.2, 0.25) is 15.9 Å². The molecule has 172 valence electrons. The average molecular weight is 475 g/mol. The molecule has 0 saturated heterocycles. The number of halogens is 3. The van der Waals surface area contributed by atoms with Crippen molar-refractivity contribution in [3.63, 3.8) is 0 Å². The van der Waals surface area contributed by atoms with Crippen LogP contribution in [0, 0.1) is 6.92 Å². The van der Waals surface area contributed by atoms with Crippen LogP contribution in [0.4, 0.5) is 18.9 Å². The molecule has 0 aliphatic carbocycles. The first-order valence-electron chi connectivity index (χ1n) is 10.1. The molecule has 0 unspecified atom stereocenters. The highest BCUT2D eigenvalue weighted by Crippen LogP contribution is 2.48. The van der Waals surface area contributed by atoms with Crippen molar-refractivity contribution in [3.8, 4) is 0 Å². The summed E-state index contributed by atoms with van der Waals surface area (Å²) < 4.78 is 70.8. The van der Waals surface area contributed by atoms with Gasteiger partial charge >= 0.3 is 6.18 Å². The number of carbonyl (C=O) groups excluding carboxylic acids is 1. The summed E-state index contributed by atoms with van der Waals surface area (Å²) >= 11 is 0. The predicted molar refractivity (Wildman–Crippen MR) is 118 cm³/mol. The Morgan fingerprint density at radius 2 is 1.55 bits per heavy atom. The van der Waals surface area contributed by atoms with Gasteiger partial charge in [0, 0.05) is 5.69 Å². The fourth-order valence-corrected chi connectivity index (χ4v) is 5.45. The molecule has 1 aliphatic heterocycles. The molecule has 2 atom stereocenters. The number of para-hydroxylation sites is 1. The first-order valence-corrected chi connectivity index (χ1v) is 11.6. The molecular formula is C24H21F3N2O3S. The van der Waals surface area contributed by atoms with Gasteiger partial charge in [0.25, 0.3) is 0 Å². The number of carbonyl (C=O) groups is 1. The molecule has 4 rings (SSSR count). The van der Waals surface area contributed by atoms with Crippen molar-refractivity contribution >= 4 is 21.6 Å². The summed E-state index contributed by atoms with van der Waals surface area (Å²) in [4.78, 5) is 13.1. The Morgan fingerprint density at radius 3 is 2.21 bits per heavy atom. The third-order valence-corrected chi connectivity index (χ3v) is 7.40. The largest absolute Gasteiger partial charge is 0.416 e. The number of aryl methyl sites for hydroxylation is 1. The van der Waals surface area contributed by atoms with Crippen LogP contribution in [0.2, 0.25) is 0 Å². The van der Waals surface area contributed by atoms with Gasteiger partial charge in [-0.25, -0.2) is 13.1 Å². The van der Waals surface area contributed by atoms with Crippen molar-refractivity contribution in [2.24, 2.45) is 0 Å². The zero-order valence-corrected chi connectivity index (χ0v) is 18.6. The highest BCUT2D eigenvalue weighted by molar-refractivity contribution is 7.89. The van der Waals surface area contributed by atoms with Gasteiger partial charge in [0.05, 0.1) is 21.9 Å². The minimum Gasteiger partial charge on any atom is -0.325 e. The SMILES string of the molecule is Cc1ccc(S(=O)(=O)N[C@H](c2ccccc2C(F)(F)F)[C@]2(C)C(=O)Nc3ccccc32)cc1. The van der Waals surface area contributed by atoms with Crippen LogP contribution in [0.1, 0.15) is 35.2 Å². The van der Waals surface area contributed by atoms with Crippen molar-refractivity contribution in [2.75, 3.05) is 5.32 Å². The number of alkyl halides is 3. The van der Waals surface area contributed by atoms with E-state index in [1.165, 1.54) is 37.3 Å². The maximum atomic E-state index is 13.9. The molecule has 1 amide bonds. The normalized spacial score (nSPS) is 19.1. The number of benzene rings is 3. The second kappa shape index (κ2) is 8.00. The Hall–Kier alpha value is -3.17. The number of hydrogen-bond acceptors (Lipinski definition) is 3. The molecule has 0 aromatic heterocycles. The van der Waals surface area contributed by atoms with Crippen LogP contribution < -0.4 is 10.0 Å². The first kappa shape index (κ1) is 23.0. The molecule has 0 spiro atoms. The fourth-order valence-electron chi connectivity index (χ4n) is 4.15. The summed E-state index contributed by atoms with van der Waals surface area (Å²) in [5, 5.41) is 2.67. The van der Waals surface area contributed by atoms with Crippen LogP contribution in [0.3, 0.4) is 0 Å². The van der Waals surface area contributed by atoms with E-state index in [0.717, 1.165) is 11.6 Å². The van der Waals surface area contributed by atoms with Crippen LogP contribution in [0.15, 0.2) is 77.7 Å². The van der Waals surface area contributed by atoms with Gasteiger partial charge in [-0.3, -0.25) is 4.79 Å². The van der Waals surface area contributed by atoms with Crippen molar-refractivity contribution in [3.05, 3.63) is 95.1 Å². The maximum Gasteiger partial charge on any atom is 0.416 e. The van der Waals surface area contributed by atoms with Gasteiger partial charge < -0.3 is 5.32 Å². The van der Waals surface area contributed by atoms with E-state index >= 15 is 0 Å². The second-order valence-corrected chi connectivity index (χ2v) is 9.87. The molecule has 3 aromatic carbocycles. The highest BCUT2D eigenvalue weighted by Gasteiger charge is 2.52. The van der Waals surface area contributed by atoms with Crippen molar-refractivity contribution in [1.29, 1.82) is 0 Å². The standard InChI is InChI=1S/C24H21F3N2O3S/c1-15-11-13-16(14-12-15)33(31,32)29-21(17-7-3-4-8-18(17)24(25,26)27)23(2)19-9-5-6-10-20(19)28-22(23)30/h3-14,21,29H,1-2H3,(H,28,30)/t21-,23-/m1/s1. The van der Waals surface area contributed by atoms with E-state index in [1.54, 1.807) is 43.3 Å². The lowest BCUT2D eigenvalue weighted by molar-refractivity contribution is -0.139. The Morgan fingerprint density at radius 1 is 0.939 bits per heavy atom. The zero-order chi connectivity index (χ0) is 24.0. The summed E-state index contributed by atoms with van der Waals surface area (Å²) in [5.41, 5.74) is -1.34. The molecule has 0 radical (unpaired) electrons. The molecular weight excluding hydrogens is 453 g/mol. The van der Waals surface area contributed by atoms with E-state index in [4.69, 9.17) is 0 Å². The molecule has 2 N–H and O–H groups in total. The third-order valence-electron chi connectivity index (χ3n) is 5.97. The van der Waals surface area contributed by atoms with Gasteiger partial charge in [0.1, 0.15) is 0 Å². The molecule has 1 heterocycles. The summed E-state index contributed by atoms with van der Waals surface area (Å²) in [6.07, 6.45) is -4.75. The Labute approximate surface area is 189 Å². The van der Waals surface area contributed by atoms with E-state index in [0.29, 0.717) is 11.3 Å². The molecule has 0 fully saturated rings. The molecule has 33 heavy (non-hydrogen) atoms. The summed E-state index contributed by atoms with van der Waals surface area (Å²) in [6.45, 7) is 3.23. The number of anilines is 1. The number of amides is 1. The number of nitrogens with one attached hydrogen (secondary N) is 2. The van der Waals surface area contributed by atoms with Gasteiger partial charge in [-0.2, -0.15) is 13.2 Å². The number of rotatable bonds is 5. The topological polar surface area (TPSA) is 75.3 Å². The van der Waals surface area contributed by atoms with Gasteiger partial charge in [-0.1, -0.05) is 54.1 Å². The smallest absolute Gasteiger partial charge is 0.325 e. The Kier molecular flexibility index (Phi) is 5.58.